The van der Waals surface area contributed by atoms with E-state index in [1.54, 1.807) is 0 Å². The summed E-state index contributed by atoms with van der Waals surface area (Å²) in [6.45, 7) is 0. The molecule has 0 saturated heterocycles. The van der Waals surface area contributed by atoms with Crippen molar-refractivity contribution in [1.82, 2.24) is 18.3 Å². The van der Waals surface area contributed by atoms with Crippen LogP contribution in [0.5, 0.6) is 0 Å². The minimum Gasteiger partial charge on any atom is -0.309 e. The van der Waals surface area contributed by atoms with Crippen molar-refractivity contribution < 1.29 is 8.42 Å². The van der Waals surface area contributed by atoms with Gasteiger partial charge < -0.3 is 18.3 Å². The van der Waals surface area contributed by atoms with E-state index in [1.807, 2.05) is 22.7 Å². The second kappa shape index (κ2) is 22.7. The molecule has 0 aliphatic rings. The van der Waals surface area contributed by atoms with Gasteiger partial charge in [-0.25, -0.2) is 0 Å². The molecule has 0 spiro atoms. The maximum atomic E-state index is 8.29. The molecule has 0 atom stereocenters. The quantitative estimate of drug-likeness (QED) is 0.152. The summed E-state index contributed by atoms with van der Waals surface area (Å²) in [6, 6.07) is 114. The Morgan fingerprint density at radius 1 is 0.191 bits per heavy atom. The smallest absolute Gasteiger partial charge is 0.309 e. The molecule has 0 aliphatic carbocycles. The Hall–Kier alpha value is -10.9. The Kier molecular flexibility index (Phi) is 13.7. The van der Waals surface area contributed by atoms with Crippen LogP contribution < -0.4 is 0 Å². The van der Waals surface area contributed by atoms with Crippen molar-refractivity contribution in [2.45, 2.75) is 0 Å². The largest absolute Gasteiger partial charge is 0.335 e. The number of aromatic nitrogens is 4. The van der Waals surface area contributed by atoms with Crippen molar-refractivity contribution in [3.63, 3.8) is 0 Å². The zero-order valence-corrected chi connectivity index (χ0v) is 50.3. The average Bonchev–Trinajstić information content (AvgIpc) is 2.19. The number of hydrogen-bond donors (Lipinski definition) is 0. The first kappa shape index (κ1) is 53.5. The second-order valence-corrected chi connectivity index (χ2v) is 24.4. The van der Waals surface area contributed by atoms with Gasteiger partial charge in [0.15, 0.2) is 0 Å². The lowest BCUT2D eigenvalue weighted by Crippen LogP contribution is -1.93. The van der Waals surface area contributed by atoms with Crippen molar-refractivity contribution in [3.05, 3.63) is 315 Å². The molecule has 18 rings (SSSR count). The van der Waals surface area contributed by atoms with E-state index in [9.17, 15) is 0 Å². The molecule has 0 unspecified atom stereocenters. The first-order chi connectivity index (χ1) is 44.1. The molecule has 9 heteroatoms. The van der Waals surface area contributed by atoms with Crippen molar-refractivity contribution in [1.29, 1.82) is 0 Å². The van der Waals surface area contributed by atoms with Gasteiger partial charge in [-0.3, -0.25) is 0 Å². The summed E-state index contributed by atoms with van der Waals surface area (Å²) < 4.78 is 26.1. The normalized spacial score (nSPS) is 11.5. The van der Waals surface area contributed by atoms with Gasteiger partial charge in [0.2, 0.25) is 0 Å². The maximum absolute atomic E-state index is 8.29. The van der Waals surface area contributed by atoms with Gasteiger partial charge in [0, 0.05) is 85.3 Å². The maximum Gasteiger partial charge on any atom is 0.335 e. The van der Waals surface area contributed by atoms with Gasteiger partial charge in [-0.05, 0) is 144 Å². The van der Waals surface area contributed by atoms with Gasteiger partial charge in [0.25, 0.3) is 0 Å². The third-order valence-electron chi connectivity index (χ3n) is 17.2. The van der Waals surface area contributed by atoms with Crippen molar-refractivity contribution >= 4 is 121 Å². The molecule has 422 valence electrons. The minimum absolute atomic E-state index is 0.750. The lowest BCUT2D eigenvalue weighted by atomic mass is 10.1. The summed E-state index contributed by atoms with van der Waals surface area (Å²) in [5.74, 6) is 0. The highest BCUT2D eigenvalue weighted by molar-refractivity contribution is 7.51. The second-order valence-electron chi connectivity index (χ2n) is 22.1. The molecule has 0 N–H and O–H groups in total. The van der Waals surface area contributed by atoms with Crippen LogP contribution in [0.3, 0.4) is 0 Å². The molecule has 0 bridgehead atoms. The van der Waals surface area contributed by atoms with E-state index in [0.29, 0.717) is 0 Å². The number of thiophene rings is 2. The molecule has 18 aromatic rings. The molecule has 6 aromatic heterocycles. The van der Waals surface area contributed by atoms with Gasteiger partial charge in [0.1, 0.15) is 0 Å². The Morgan fingerprint density at radius 2 is 0.337 bits per heavy atom. The molecular weight excluding hydrogens is 1150 g/mol. The van der Waals surface area contributed by atoms with Crippen LogP contribution in [-0.2, 0) is 11.6 Å². The zero-order chi connectivity index (χ0) is 59.4. The van der Waals surface area contributed by atoms with Gasteiger partial charge >= 0.3 is 11.6 Å². The SMILES string of the molecule is O=S=O.c1ccc2c(c1)c1ccccc1n2-c1ccc(-c2ccc(-c3ccc(-n4c5ccccc5c5ccccc54)cc3)s2)cc1.c1ccc2c(c1)c1ccccc1n2-c1ccc(-c2ccc(-c3ccc(-n4c5ccccc5c5ccccc54)cc3)s2)cc1. The van der Waals surface area contributed by atoms with E-state index in [4.69, 9.17) is 8.42 Å². The predicted molar refractivity (Wildman–Crippen MR) is 377 cm³/mol. The topological polar surface area (TPSA) is 53.9 Å². The first-order valence-electron chi connectivity index (χ1n) is 29.6. The van der Waals surface area contributed by atoms with Crippen LogP contribution in [0, 0.1) is 0 Å². The van der Waals surface area contributed by atoms with E-state index in [2.05, 4.69) is 334 Å². The third-order valence-corrected chi connectivity index (χ3v) is 19.5. The molecule has 0 aliphatic heterocycles. The van der Waals surface area contributed by atoms with Crippen LogP contribution in [0.2, 0.25) is 0 Å². The number of para-hydroxylation sites is 8. The van der Waals surface area contributed by atoms with Crippen LogP contribution in [0.4, 0.5) is 0 Å². The standard InChI is InChI=1S/2C40H26N2S.O2S/c2*1-5-13-35-31(9-1)32-10-2-6-14-36(32)41(35)29-21-17-27(18-22-29)39-25-26-40(43-39)28-19-23-30(24-20-28)42-37-15-7-3-11-33(37)34-12-4-8-16-38(34)42;1-3-2/h2*1-26H;. The Labute approximate surface area is 524 Å². The van der Waals surface area contributed by atoms with E-state index in [0.717, 1.165) is 0 Å². The summed E-state index contributed by atoms with van der Waals surface area (Å²) in [5.41, 5.74) is 19.6. The van der Waals surface area contributed by atoms with E-state index in [1.165, 1.54) is 152 Å². The Morgan fingerprint density at radius 3 is 0.494 bits per heavy atom. The fourth-order valence-electron chi connectivity index (χ4n) is 13.2. The molecule has 0 fully saturated rings. The number of hydrogen-bond acceptors (Lipinski definition) is 4. The van der Waals surface area contributed by atoms with Crippen molar-refractivity contribution in [3.8, 4) is 64.5 Å². The molecule has 89 heavy (non-hydrogen) atoms. The fourth-order valence-corrected chi connectivity index (χ4v) is 15.2. The summed E-state index contributed by atoms with van der Waals surface area (Å²) >= 11 is 2.93. The fraction of sp³-hybridized carbons (Fsp3) is 0. The number of benzene rings is 12. The van der Waals surface area contributed by atoms with Crippen LogP contribution in [0.25, 0.3) is 152 Å². The summed E-state index contributed by atoms with van der Waals surface area (Å²) in [4.78, 5) is 5.09. The van der Waals surface area contributed by atoms with E-state index < -0.39 is 11.6 Å². The molecule has 12 aromatic carbocycles. The summed E-state index contributed by atoms with van der Waals surface area (Å²) in [7, 11) is 0. The lowest BCUT2D eigenvalue weighted by molar-refractivity contribution is 0.630. The van der Waals surface area contributed by atoms with E-state index >= 15 is 0 Å². The summed E-state index contributed by atoms with van der Waals surface area (Å²) in [5, 5.41) is 10.3. The van der Waals surface area contributed by atoms with Gasteiger partial charge in [0.05, 0.1) is 44.1 Å². The highest BCUT2D eigenvalue weighted by atomic mass is 32.1. The molecule has 0 radical (unpaired) electrons. The Balaban J connectivity index is 0.000000137. The minimum atomic E-state index is -0.750. The molecule has 6 heterocycles. The van der Waals surface area contributed by atoms with Crippen LogP contribution in [-0.4, -0.2) is 26.7 Å². The van der Waals surface area contributed by atoms with Crippen molar-refractivity contribution in [2.24, 2.45) is 0 Å². The first-order valence-corrected chi connectivity index (χ1v) is 31.9. The van der Waals surface area contributed by atoms with Gasteiger partial charge in [-0.2, -0.15) is 8.42 Å². The lowest BCUT2D eigenvalue weighted by Gasteiger charge is -2.09. The number of rotatable bonds is 8. The average molecular weight is 1200 g/mol. The third kappa shape index (κ3) is 9.39. The molecular formula is C80H52N4O2S3. The predicted octanol–water partition coefficient (Wildman–Crippen LogP) is 21.9. The van der Waals surface area contributed by atoms with Crippen LogP contribution >= 0.6 is 22.7 Å². The highest BCUT2D eigenvalue weighted by Gasteiger charge is 2.17. The van der Waals surface area contributed by atoms with Crippen molar-refractivity contribution in [2.75, 3.05) is 0 Å². The number of fused-ring (bicyclic) bond motifs is 12. The van der Waals surface area contributed by atoms with Crippen LogP contribution in [0.15, 0.2) is 315 Å². The van der Waals surface area contributed by atoms with E-state index in [-0.39, 0.29) is 0 Å². The van der Waals surface area contributed by atoms with Gasteiger partial charge in [-0.15, -0.1) is 22.7 Å². The Bertz CT molecular complexity index is 4790. The molecule has 0 saturated carbocycles. The molecule has 0 amide bonds. The highest BCUT2D eigenvalue weighted by Crippen LogP contribution is 2.41. The zero-order valence-electron chi connectivity index (χ0n) is 47.9. The van der Waals surface area contributed by atoms with Gasteiger partial charge in [-0.1, -0.05) is 194 Å². The summed E-state index contributed by atoms with van der Waals surface area (Å²) in [6.07, 6.45) is 0. The van der Waals surface area contributed by atoms with Crippen LogP contribution in [0.1, 0.15) is 0 Å². The monoisotopic (exact) mass is 1200 g/mol. The number of nitrogens with zero attached hydrogens (tertiary/aromatic N) is 4. The molecule has 6 nitrogen and oxygen atoms in total.